The molecular weight excluding hydrogens is 450 g/mol. The lowest BCUT2D eigenvalue weighted by Gasteiger charge is -2.27. The van der Waals surface area contributed by atoms with Crippen LogP contribution in [0.5, 0.6) is 5.75 Å². The topological polar surface area (TPSA) is 113 Å². The Morgan fingerprint density at radius 2 is 2.09 bits per heavy atom. The van der Waals surface area contributed by atoms with Gasteiger partial charge in [-0.2, -0.15) is 5.10 Å². The van der Waals surface area contributed by atoms with Gasteiger partial charge in [-0.1, -0.05) is 6.07 Å². The molecule has 1 aliphatic rings. The summed E-state index contributed by atoms with van der Waals surface area (Å²) in [5.41, 5.74) is 11.7. The SMILES string of the molecule is COc1cc(C)cc2cc(-c3c(CNCCO)c(CN4CCNCC4)n4ncnc(N)c34)sc12. The molecule has 5 rings (SSSR count). The van der Waals surface area contributed by atoms with Crippen LogP contribution >= 0.6 is 11.3 Å². The van der Waals surface area contributed by atoms with Crippen LogP contribution in [0, 0.1) is 6.92 Å². The summed E-state index contributed by atoms with van der Waals surface area (Å²) in [6, 6.07) is 6.46. The minimum atomic E-state index is 0.0805. The van der Waals surface area contributed by atoms with Crippen molar-refractivity contribution < 1.29 is 9.84 Å². The number of benzene rings is 1. The van der Waals surface area contributed by atoms with Gasteiger partial charge in [-0.05, 0) is 35.6 Å². The molecule has 0 saturated carbocycles. The maximum atomic E-state index is 9.39. The van der Waals surface area contributed by atoms with Gasteiger partial charge >= 0.3 is 0 Å². The Bertz CT molecular complexity index is 1310. The van der Waals surface area contributed by atoms with Crippen LogP contribution in [-0.4, -0.2) is 71.0 Å². The van der Waals surface area contributed by atoms with Crippen LogP contribution < -0.4 is 21.1 Å². The minimum Gasteiger partial charge on any atom is -0.495 e. The van der Waals surface area contributed by atoms with Gasteiger partial charge in [-0.3, -0.25) is 4.90 Å². The molecule has 1 aromatic carbocycles. The van der Waals surface area contributed by atoms with Crippen molar-refractivity contribution in [1.29, 1.82) is 0 Å². The van der Waals surface area contributed by atoms with Gasteiger partial charge in [-0.15, -0.1) is 11.3 Å². The molecule has 9 nitrogen and oxygen atoms in total. The summed E-state index contributed by atoms with van der Waals surface area (Å²) in [7, 11) is 1.71. The predicted molar refractivity (Wildman–Crippen MR) is 136 cm³/mol. The lowest BCUT2D eigenvalue weighted by molar-refractivity contribution is 0.228. The molecule has 0 unspecified atom stereocenters. The Morgan fingerprint density at radius 3 is 2.85 bits per heavy atom. The molecule has 0 spiro atoms. The molecule has 180 valence electrons. The van der Waals surface area contributed by atoms with Crippen molar-refractivity contribution >= 4 is 32.8 Å². The minimum absolute atomic E-state index is 0.0805. The van der Waals surface area contributed by atoms with E-state index in [1.165, 1.54) is 6.33 Å². The fourth-order valence-corrected chi connectivity index (χ4v) is 5.96. The van der Waals surface area contributed by atoms with E-state index in [1.807, 2.05) is 4.52 Å². The van der Waals surface area contributed by atoms with Gasteiger partial charge in [0.15, 0.2) is 5.82 Å². The van der Waals surface area contributed by atoms with Crippen LogP contribution in [0.15, 0.2) is 24.5 Å². The number of aliphatic hydroxyl groups is 1. The third-order valence-corrected chi connectivity index (χ3v) is 7.51. The van der Waals surface area contributed by atoms with Crippen LogP contribution in [-0.2, 0) is 13.1 Å². The Kier molecular flexibility index (Phi) is 6.66. The van der Waals surface area contributed by atoms with Crippen molar-refractivity contribution in [3.63, 3.8) is 0 Å². The van der Waals surface area contributed by atoms with Crippen LogP contribution in [0.4, 0.5) is 5.82 Å². The van der Waals surface area contributed by atoms with Crippen molar-refractivity contribution in [2.45, 2.75) is 20.0 Å². The molecule has 34 heavy (non-hydrogen) atoms. The monoisotopic (exact) mass is 481 g/mol. The molecule has 0 radical (unpaired) electrons. The van der Waals surface area contributed by atoms with Crippen molar-refractivity contribution in [3.8, 4) is 16.2 Å². The molecule has 4 heterocycles. The second-order valence-corrected chi connectivity index (χ2v) is 9.68. The maximum absolute atomic E-state index is 9.39. The van der Waals surface area contributed by atoms with Gasteiger partial charge in [0.1, 0.15) is 17.6 Å². The first-order chi connectivity index (χ1) is 16.6. The maximum Gasteiger partial charge on any atom is 0.152 e. The van der Waals surface area contributed by atoms with E-state index in [2.05, 4.69) is 50.7 Å². The molecule has 0 bridgehead atoms. The van der Waals surface area contributed by atoms with Gasteiger partial charge in [0.05, 0.1) is 24.1 Å². The summed E-state index contributed by atoms with van der Waals surface area (Å²) in [6.07, 6.45) is 1.52. The molecule has 1 aliphatic heterocycles. The van der Waals surface area contributed by atoms with Crippen LogP contribution in [0.25, 0.3) is 26.0 Å². The zero-order valence-corrected chi connectivity index (χ0v) is 20.4. The number of nitrogens with two attached hydrogens (primary N) is 1. The van der Waals surface area contributed by atoms with E-state index in [0.29, 0.717) is 18.9 Å². The third kappa shape index (κ3) is 4.23. The number of fused-ring (bicyclic) bond motifs is 2. The average Bonchev–Trinajstić information content (AvgIpc) is 3.39. The van der Waals surface area contributed by atoms with E-state index in [1.54, 1.807) is 18.4 Å². The zero-order valence-electron chi connectivity index (χ0n) is 19.6. The molecule has 0 amide bonds. The number of aryl methyl sites for hydroxylation is 1. The first-order valence-corrected chi connectivity index (χ1v) is 12.4. The first-order valence-electron chi connectivity index (χ1n) is 11.6. The lowest BCUT2D eigenvalue weighted by Crippen LogP contribution is -2.43. The quantitative estimate of drug-likeness (QED) is 0.283. The second kappa shape index (κ2) is 9.85. The summed E-state index contributed by atoms with van der Waals surface area (Å²) in [5.74, 6) is 1.33. The number of hydrogen-bond acceptors (Lipinski definition) is 9. The van der Waals surface area contributed by atoms with Crippen molar-refractivity contribution in [2.24, 2.45) is 0 Å². The van der Waals surface area contributed by atoms with Crippen LogP contribution in [0.1, 0.15) is 16.8 Å². The molecular formula is C24H31N7O2S. The number of aromatic nitrogens is 3. The number of nitrogen functional groups attached to an aromatic ring is 1. The van der Waals surface area contributed by atoms with Gasteiger partial charge in [0.25, 0.3) is 0 Å². The first kappa shape index (κ1) is 23.0. The number of piperazine rings is 1. The number of aliphatic hydroxyl groups excluding tert-OH is 1. The summed E-state index contributed by atoms with van der Waals surface area (Å²) in [5, 5.41) is 22.0. The largest absolute Gasteiger partial charge is 0.495 e. The number of anilines is 1. The Morgan fingerprint density at radius 1 is 1.26 bits per heavy atom. The van der Waals surface area contributed by atoms with E-state index in [4.69, 9.17) is 10.5 Å². The Labute approximate surface area is 202 Å². The normalized spacial score (nSPS) is 14.9. The highest BCUT2D eigenvalue weighted by Gasteiger charge is 2.26. The standard InChI is InChI=1S/C24H31N7O2S/c1-15-9-16-11-20(34-23(16)19(10-15)33-2)21-17(12-27-5-8-32)18(13-30-6-3-26-4-7-30)31-22(21)24(25)28-14-29-31/h9-11,14,26-27,32H,3-8,12-13H2,1-2H3,(H2,25,28,29). The van der Waals surface area contributed by atoms with E-state index in [0.717, 1.165) is 81.3 Å². The van der Waals surface area contributed by atoms with Gasteiger partial charge in [0.2, 0.25) is 0 Å². The van der Waals surface area contributed by atoms with E-state index < -0.39 is 0 Å². The fourth-order valence-electron chi connectivity index (χ4n) is 4.75. The number of hydrogen-bond donors (Lipinski definition) is 4. The lowest BCUT2D eigenvalue weighted by atomic mass is 10.1. The van der Waals surface area contributed by atoms with E-state index in [9.17, 15) is 5.11 Å². The van der Waals surface area contributed by atoms with E-state index >= 15 is 0 Å². The number of nitrogens with one attached hydrogen (secondary N) is 2. The average molecular weight is 482 g/mol. The highest BCUT2D eigenvalue weighted by molar-refractivity contribution is 7.22. The number of rotatable bonds is 8. The zero-order chi connectivity index (χ0) is 23.7. The predicted octanol–water partition coefficient (Wildman–Crippen LogP) is 2.00. The molecule has 10 heteroatoms. The molecule has 5 N–H and O–H groups in total. The number of thiophene rings is 1. The molecule has 1 saturated heterocycles. The van der Waals surface area contributed by atoms with Crippen LogP contribution in [0.3, 0.4) is 0 Å². The van der Waals surface area contributed by atoms with Gasteiger partial charge < -0.3 is 26.2 Å². The molecule has 0 aliphatic carbocycles. The second-order valence-electron chi connectivity index (χ2n) is 8.63. The van der Waals surface area contributed by atoms with Gasteiger partial charge in [0, 0.05) is 56.3 Å². The highest BCUT2D eigenvalue weighted by atomic mass is 32.1. The van der Waals surface area contributed by atoms with Crippen molar-refractivity contribution in [1.82, 2.24) is 30.1 Å². The third-order valence-electron chi connectivity index (χ3n) is 6.33. The van der Waals surface area contributed by atoms with E-state index in [-0.39, 0.29) is 6.61 Å². The fraction of sp³-hybridized carbons (Fsp3) is 0.417. The number of nitrogens with zero attached hydrogens (tertiary/aromatic N) is 4. The summed E-state index contributed by atoms with van der Waals surface area (Å²) in [6.45, 7) is 7.94. The summed E-state index contributed by atoms with van der Waals surface area (Å²) < 4.78 is 8.76. The van der Waals surface area contributed by atoms with Gasteiger partial charge in [-0.25, -0.2) is 9.50 Å². The van der Waals surface area contributed by atoms with Crippen molar-refractivity contribution in [2.75, 3.05) is 52.2 Å². The highest BCUT2D eigenvalue weighted by Crippen LogP contribution is 2.44. The van der Waals surface area contributed by atoms with Crippen molar-refractivity contribution in [3.05, 3.63) is 41.3 Å². The summed E-state index contributed by atoms with van der Waals surface area (Å²) in [4.78, 5) is 7.87. The number of methoxy groups -OCH3 is 1. The smallest absolute Gasteiger partial charge is 0.152 e. The molecule has 3 aromatic heterocycles. The van der Waals surface area contributed by atoms with Crippen LogP contribution in [0.2, 0.25) is 0 Å². The molecule has 4 aromatic rings. The Balaban J connectivity index is 1.72. The molecule has 1 fully saturated rings. The Hall–Kier alpha value is -2.76. The number of ether oxygens (including phenoxy) is 1. The summed E-state index contributed by atoms with van der Waals surface area (Å²) >= 11 is 1.70. The molecule has 0 atom stereocenters.